The first-order valence-corrected chi connectivity index (χ1v) is 4.88. The molecular weight excluding hydrogens is 249 g/mol. The molecule has 18 heavy (non-hydrogen) atoms. The summed E-state index contributed by atoms with van der Waals surface area (Å²) in [6, 6.07) is 8.05. The average molecular weight is 256 g/mol. The molecule has 0 fully saturated rings. The van der Waals surface area contributed by atoms with Crippen LogP contribution < -0.4 is 11.2 Å². The lowest BCUT2D eigenvalue weighted by Gasteiger charge is -2.08. The SMILES string of the molecule is O=c1cc(C(F)(F)F)[nH]c(=O)n1-c1ccccc1. The molecule has 0 aliphatic carbocycles. The van der Waals surface area contributed by atoms with Gasteiger partial charge in [0.25, 0.3) is 5.56 Å². The van der Waals surface area contributed by atoms with Gasteiger partial charge in [0.1, 0.15) is 5.69 Å². The van der Waals surface area contributed by atoms with Crippen LogP contribution in [0.2, 0.25) is 0 Å². The summed E-state index contributed by atoms with van der Waals surface area (Å²) in [6.07, 6.45) is -4.76. The molecule has 0 aliphatic heterocycles. The zero-order valence-electron chi connectivity index (χ0n) is 8.86. The summed E-state index contributed by atoms with van der Waals surface area (Å²) in [5.41, 5.74) is -3.31. The van der Waals surface area contributed by atoms with Gasteiger partial charge < -0.3 is 4.98 Å². The summed E-state index contributed by atoms with van der Waals surface area (Å²) in [4.78, 5) is 24.7. The van der Waals surface area contributed by atoms with E-state index in [9.17, 15) is 22.8 Å². The molecule has 0 bridgehead atoms. The highest BCUT2D eigenvalue weighted by Crippen LogP contribution is 2.25. The molecule has 1 aromatic heterocycles. The smallest absolute Gasteiger partial charge is 0.303 e. The van der Waals surface area contributed by atoms with E-state index >= 15 is 0 Å². The molecule has 0 unspecified atom stereocenters. The zero-order chi connectivity index (χ0) is 13.3. The predicted molar refractivity (Wildman–Crippen MR) is 57.7 cm³/mol. The third-order valence-electron chi connectivity index (χ3n) is 2.25. The number of benzene rings is 1. The molecule has 0 amide bonds. The number of H-pyrrole nitrogens is 1. The number of nitrogens with one attached hydrogen (secondary N) is 1. The lowest BCUT2D eigenvalue weighted by molar-refractivity contribution is -0.141. The van der Waals surface area contributed by atoms with Crippen LogP contribution in [0.4, 0.5) is 13.2 Å². The van der Waals surface area contributed by atoms with E-state index in [0.717, 1.165) is 0 Å². The van der Waals surface area contributed by atoms with Crippen LogP contribution in [0.5, 0.6) is 0 Å². The summed E-state index contributed by atoms with van der Waals surface area (Å²) in [5.74, 6) is 0. The lowest BCUT2D eigenvalue weighted by atomic mass is 10.3. The van der Waals surface area contributed by atoms with Crippen LogP contribution in [0.25, 0.3) is 5.69 Å². The Hall–Kier alpha value is -2.31. The number of aromatic amines is 1. The summed E-state index contributed by atoms with van der Waals surface area (Å²) >= 11 is 0. The largest absolute Gasteiger partial charge is 0.431 e. The molecular formula is C11H7F3N2O2. The van der Waals surface area contributed by atoms with Crippen molar-refractivity contribution >= 4 is 0 Å². The van der Waals surface area contributed by atoms with E-state index in [-0.39, 0.29) is 5.69 Å². The number of hydrogen-bond acceptors (Lipinski definition) is 2. The molecule has 1 heterocycles. The van der Waals surface area contributed by atoms with E-state index in [4.69, 9.17) is 0 Å². The molecule has 0 spiro atoms. The highest BCUT2D eigenvalue weighted by molar-refractivity contribution is 5.31. The summed E-state index contributed by atoms with van der Waals surface area (Å²) in [6.45, 7) is 0. The third-order valence-corrected chi connectivity index (χ3v) is 2.25. The first-order valence-electron chi connectivity index (χ1n) is 4.88. The van der Waals surface area contributed by atoms with E-state index in [1.807, 2.05) is 0 Å². The van der Waals surface area contributed by atoms with Crippen LogP contribution in [0.1, 0.15) is 5.69 Å². The molecule has 1 aromatic carbocycles. The van der Waals surface area contributed by atoms with E-state index in [1.165, 1.54) is 12.1 Å². The average Bonchev–Trinajstić information content (AvgIpc) is 2.28. The standard InChI is InChI=1S/C11H7F3N2O2/c12-11(13,14)8-6-9(17)16(10(18)15-8)7-4-2-1-3-5-7/h1-6H,(H,15,18). The minimum Gasteiger partial charge on any atom is -0.303 e. The van der Waals surface area contributed by atoms with Crippen LogP contribution in [0, 0.1) is 0 Å². The van der Waals surface area contributed by atoms with Crippen molar-refractivity contribution < 1.29 is 13.2 Å². The Morgan fingerprint density at radius 1 is 1.06 bits per heavy atom. The van der Waals surface area contributed by atoms with Crippen LogP contribution in [-0.4, -0.2) is 9.55 Å². The number of halogens is 3. The number of rotatable bonds is 1. The Morgan fingerprint density at radius 2 is 1.67 bits per heavy atom. The van der Waals surface area contributed by atoms with Gasteiger partial charge in [0.2, 0.25) is 0 Å². The first-order chi connectivity index (χ1) is 8.39. The summed E-state index contributed by atoms with van der Waals surface area (Å²) < 4.78 is 37.7. The van der Waals surface area contributed by atoms with Gasteiger partial charge in [-0.1, -0.05) is 18.2 Å². The zero-order valence-corrected chi connectivity index (χ0v) is 8.86. The number of para-hydroxylation sites is 1. The van der Waals surface area contributed by atoms with Gasteiger partial charge in [-0.05, 0) is 12.1 Å². The molecule has 0 saturated heterocycles. The molecule has 0 atom stereocenters. The molecule has 0 saturated carbocycles. The second-order valence-corrected chi connectivity index (χ2v) is 3.50. The molecule has 4 nitrogen and oxygen atoms in total. The van der Waals surface area contributed by atoms with Crippen molar-refractivity contribution in [2.45, 2.75) is 6.18 Å². The number of aromatic nitrogens is 2. The normalized spacial score (nSPS) is 11.5. The van der Waals surface area contributed by atoms with Gasteiger partial charge in [0.05, 0.1) is 5.69 Å². The van der Waals surface area contributed by atoms with Crippen molar-refractivity contribution in [3.05, 3.63) is 62.9 Å². The fraction of sp³-hybridized carbons (Fsp3) is 0.0909. The van der Waals surface area contributed by atoms with E-state index in [2.05, 4.69) is 0 Å². The Morgan fingerprint density at radius 3 is 2.17 bits per heavy atom. The maximum atomic E-state index is 12.4. The lowest BCUT2D eigenvalue weighted by Crippen LogP contribution is -2.35. The summed E-state index contributed by atoms with van der Waals surface area (Å²) in [5, 5.41) is 0. The minimum atomic E-state index is -4.76. The van der Waals surface area contributed by atoms with Crippen molar-refractivity contribution in [2.75, 3.05) is 0 Å². The monoisotopic (exact) mass is 256 g/mol. The van der Waals surface area contributed by atoms with Crippen molar-refractivity contribution in [1.82, 2.24) is 9.55 Å². The minimum absolute atomic E-state index is 0.206. The molecule has 1 N–H and O–H groups in total. The van der Waals surface area contributed by atoms with Crippen molar-refractivity contribution in [3.8, 4) is 5.69 Å². The fourth-order valence-electron chi connectivity index (χ4n) is 1.47. The number of nitrogens with zero attached hydrogens (tertiary/aromatic N) is 1. The quantitative estimate of drug-likeness (QED) is 0.841. The van der Waals surface area contributed by atoms with Gasteiger partial charge in [0, 0.05) is 6.07 Å². The van der Waals surface area contributed by atoms with Gasteiger partial charge in [-0.25, -0.2) is 9.36 Å². The molecule has 2 aromatic rings. The predicted octanol–water partition coefficient (Wildman–Crippen LogP) is 1.54. The van der Waals surface area contributed by atoms with Crippen molar-refractivity contribution in [1.29, 1.82) is 0 Å². The van der Waals surface area contributed by atoms with Crippen LogP contribution in [-0.2, 0) is 6.18 Å². The van der Waals surface area contributed by atoms with Gasteiger partial charge in [-0.15, -0.1) is 0 Å². The second-order valence-electron chi connectivity index (χ2n) is 3.50. The maximum absolute atomic E-state index is 12.4. The Labute approximate surface area is 98.3 Å². The maximum Gasteiger partial charge on any atom is 0.431 e. The van der Waals surface area contributed by atoms with Gasteiger partial charge in [-0.3, -0.25) is 4.79 Å². The van der Waals surface area contributed by atoms with E-state index in [0.29, 0.717) is 10.6 Å². The third kappa shape index (κ3) is 2.20. The van der Waals surface area contributed by atoms with Crippen LogP contribution in [0.3, 0.4) is 0 Å². The number of hydrogen-bond donors (Lipinski definition) is 1. The summed E-state index contributed by atoms with van der Waals surface area (Å²) in [7, 11) is 0. The Balaban J connectivity index is 2.67. The Kier molecular flexibility index (Phi) is 2.82. The molecule has 2 rings (SSSR count). The topological polar surface area (TPSA) is 54.9 Å². The van der Waals surface area contributed by atoms with Gasteiger partial charge in [-0.2, -0.15) is 13.2 Å². The number of alkyl halides is 3. The van der Waals surface area contributed by atoms with Gasteiger partial charge >= 0.3 is 11.9 Å². The Bertz CT molecular complexity index is 640. The van der Waals surface area contributed by atoms with Crippen LogP contribution in [0.15, 0.2) is 46.0 Å². The fourth-order valence-corrected chi connectivity index (χ4v) is 1.47. The molecule has 0 aliphatic rings. The van der Waals surface area contributed by atoms with Crippen molar-refractivity contribution in [2.24, 2.45) is 0 Å². The molecule has 7 heteroatoms. The highest BCUT2D eigenvalue weighted by Gasteiger charge is 2.32. The molecule has 0 radical (unpaired) electrons. The van der Waals surface area contributed by atoms with E-state index in [1.54, 1.807) is 23.2 Å². The second kappa shape index (κ2) is 4.17. The molecule has 94 valence electrons. The van der Waals surface area contributed by atoms with Crippen molar-refractivity contribution in [3.63, 3.8) is 0 Å². The van der Waals surface area contributed by atoms with Crippen LogP contribution >= 0.6 is 0 Å². The first kappa shape index (κ1) is 12.2. The van der Waals surface area contributed by atoms with Gasteiger partial charge in [0.15, 0.2) is 0 Å². The highest BCUT2D eigenvalue weighted by atomic mass is 19.4. The van der Waals surface area contributed by atoms with E-state index < -0.39 is 23.1 Å².